The van der Waals surface area contributed by atoms with Gasteiger partial charge in [0, 0.05) is 37.7 Å². The molecule has 1 aromatic heterocycles. The standard InChI is InChI=1S/C30H39N7O4S/c1-21-19-31-28-27(21)29(32-24-15-9-10-16-25(24)42(38,39)35-22-11-5-3-6-12-22)34-30(33-28)37(23-13-7-4-8-14-23)36-17-18-41-26(20-36)40-2/h4,7-10,13-16,21-22,26,35H,3,5-6,11-12,17-20H2,1-2H3,(H2,31,32,33,34). The number of rotatable bonds is 9. The van der Waals surface area contributed by atoms with Crippen molar-refractivity contribution in [2.75, 3.05) is 49.0 Å². The molecule has 3 N–H and O–H groups in total. The van der Waals surface area contributed by atoms with Crippen LogP contribution in [-0.2, 0) is 19.5 Å². The summed E-state index contributed by atoms with van der Waals surface area (Å²) in [6.07, 6.45) is 4.58. The van der Waals surface area contributed by atoms with Gasteiger partial charge >= 0.3 is 0 Å². The van der Waals surface area contributed by atoms with Gasteiger partial charge in [-0.1, -0.05) is 56.5 Å². The minimum absolute atomic E-state index is 0.0418. The quantitative estimate of drug-likeness (QED) is 0.321. The summed E-state index contributed by atoms with van der Waals surface area (Å²) in [5.74, 6) is 1.90. The number of morpholine rings is 1. The average Bonchev–Trinajstić information content (AvgIpc) is 3.39. The van der Waals surface area contributed by atoms with Gasteiger partial charge in [0.2, 0.25) is 16.0 Å². The highest BCUT2D eigenvalue weighted by atomic mass is 32.2. The molecule has 1 saturated carbocycles. The second kappa shape index (κ2) is 12.5. The molecular weight excluding hydrogens is 554 g/mol. The normalized spacial score (nSPS) is 21.5. The predicted octanol–water partition coefficient (Wildman–Crippen LogP) is 4.72. The van der Waals surface area contributed by atoms with Crippen molar-refractivity contribution in [2.45, 2.75) is 62.2 Å². The summed E-state index contributed by atoms with van der Waals surface area (Å²) in [6.45, 7) is 4.43. The van der Waals surface area contributed by atoms with E-state index in [0.717, 1.165) is 49.2 Å². The molecule has 6 rings (SSSR count). The Labute approximate surface area is 247 Å². The smallest absolute Gasteiger partial charge is 0.249 e. The van der Waals surface area contributed by atoms with E-state index in [-0.39, 0.29) is 23.1 Å². The molecule has 1 saturated heterocycles. The van der Waals surface area contributed by atoms with E-state index in [1.807, 2.05) is 41.4 Å². The number of nitrogens with zero attached hydrogens (tertiary/aromatic N) is 4. The van der Waals surface area contributed by atoms with E-state index in [0.29, 0.717) is 43.7 Å². The van der Waals surface area contributed by atoms with E-state index in [9.17, 15) is 8.42 Å². The molecule has 2 atom stereocenters. The third-order valence-electron chi connectivity index (χ3n) is 8.11. The molecule has 2 unspecified atom stereocenters. The SMILES string of the molecule is COC1CN(N(c2ccccc2)c2nc3c(c(Nc4ccccc4S(=O)(=O)NC4CCCCC4)n2)C(C)CN3)CCO1. The van der Waals surface area contributed by atoms with Gasteiger partial charge in [0.05, 0.1) is 24.5 Å². The summed E-state index contributed by atoms with van der Waals surface area (Å²) in [4.78, 5) is 10.2. The molecule has 0 bridgehead atoms. The van der Waals surface area contributed by atoms with Gasteiger partial charge in [-0.2, -0.15) is 9.97 Å². The van der Waals surface area contributed by atoms with E-state index in [4.69, 9.17) is 19.4 Å². The van der Waals surface area contributed by atoms with Crippen LogP contribution in [0.15, 0.2) is 59.5 Å². The molecule has 3 aliphatic rings. The number of benzene rings is 2. The molecule has 0 spiro atoms. The number of ether oxygens (including phenoxy) is 2. The number of nitrogens with one attached hydrogen (secondary N) is 3. The molecule has 2 fully saturated rings. The number of para-hydroxylation sites is 2. The number of methoxy groups -OCH3 is 1. The highest BCUT2D eigenvalue weighted by Crippen LogP contribution is 2.40. The van der Waals surface area contributed by atoms with Crippen LogP contribution >= 0.6 is 0 Å². The fraction of sp³-hybridized carbons (Fsp3) is 0.467. The summed E-state index contributed by atoms with van der Waals surface area (Å²) in [6, 6.07) is 16.9. The van der Waals surface area contributed by atoms with Crippen LogP contribution in [0, 0.1) is 0 Å². The minimum Gasteiger partial charge on any atom is -0.369 e. The first-order chi connectivity index (χ1) is 20.4. The summed E-state index contributed by atoms with van der Waals surface area (Å²) >= 11 is 0. The Morgan fingerprint density at radius 3 is 2.60 bits per heavy atom. The summed E-state index contributed by atoms with van der Waals surface area (Å²) < 4.78 is 41.4. The van der Waals surface area contributed by atoms with Gasteiger partial charge in [0.15, 0.2) is 6.29 Å². The second-order valence-corrected chi connectivity index (χ2v) is 12.8. The molecular formula is C30H39N7O4S. The van der Waals surface area contributed by atoms with E-state index in [1.165, 1.54) is 0 Å². The lowest BCUT2D eigenvalue weighted by Gasteiger charge is -2.39. The molecule has 12 heteroatoms. The highest BCUT2D eigenvalue weighted by molar-refractivity contribution is 7.89. The number of hydrogen-bond donors (Lipinski definition) is 3. The van der Waals surface area contributed by atoms with Crippen molar-refractivity contribution in [1.29, 1.82) is 0 Å². The number of hydrazine groups is 1. The van der Waals surface area contributed by atoms with Crippen LogP contribution in [-0.4, -0.2) is 69.1 Å². The molecule has 11 nitrogen and oxygen atoms in total. The molecule has 2 aromatic carbocycles. The Morgan fingerprint density at radius 1 is 1.05 bits per heavy atom. The van der Waals surface area contributed by atoms with Crippen LogP contribution in [0.4, 0.5) is 29.0 Å². The van der Waals surface area contributed by atoms with Crippen molar-refractivity contribution in [3.63, 3.8) is 0 Å². The Morgan fingerprint density at radius 2 is 1.81 bits per heavy atom. The van der Waals surface area contributed by atoms with Gasteiger partial charge in [-0.25, -0.2) is 23.2 Å². The maximum atomic E-state index is 13.6. The molecule has 3 aromatic rings. The van der Waals surface area contributed by atoms with Crippen LogP contribution in [0.5, 0.6) is 0 Å². The van der Waals surface area contributed by atoms with Gasteiger partial charge in [0.25, 0.3) is 0 Å². The summed E-state index contributed by atoms with van der Waals surface area (Å²) in [5, 5.41) is 10.9. The van der Waals surface area contributed by atoms with E-state index < -0.39 is 10.0 Å². The summed E-state index contributed by atoms with van der Waals surface area (Å²) in [5.41, 5.74) is 2.30. The van der Waals surface area contributed by atoms with E-state index >= 15 is 0 Å². The van der Waals surface area contributed by atoms with Crippen molar-refractivity contribution in [3.05, 3.63) is 60.2 Å². The number of hydrogen-bond acceptors (Lipinski definition) is 10. The second-order valence-electron chi connectivity index (χ2n) is 11.1. The van der Waals surface area contributed by atoms with Gasteiger partial charge in [-0.05, 0) is 37.1 Å². The average molecular weight is 594 g/mol. The third kappa shape index (κ3) is 6.09. The zero-order chi connectivity index (χ0) is 29.1. The van der Waals surface area contributed by atoms with Crippen molar-refractivity contribution < 1.29 is 17.9 Å². The lowest BCUT2D eigenvalue weighted by atomic mass is 9.96. The fourth-order valence-corrected chi connectivity index (χ4v) is 7.41. The van der Waals surface area contributed by atoms with Crippen molar-refractivity contribution >= 4 is 39.0 Å². The Bertz CT molecular complexity index is 1480. The predicted molar refractivity (Wildman–Crippen MR) is 163 cm³/mol. The molecule has 1 aliphatic carbocycles. The van der Waals surface area contributed by atoms with Gasteiger partial charge in [-0.15, -0.1) is 0 Å². The van der Waals surface area contributed by atoms with Crippen LogP contribution in [0.25, 0.3) is 0 Å². The summed E-state index contributed by atoms with van der Waals surface area (Å²) in [7, 11) is -2.12. The van der Waals surface area contributed by atoms with E-state index in [2.05, 4.69) is 27.3 Å². The monoisotopic (exact) mass is 593 g/mol. The maximum Gasteiger partial charge on any atom is 0.249 e. The number of anilines is 5. The largest absolute Gasteiger partial charge is 0.369 e. The first-order valence-corrected chi connectivity index (χ1v) is 16.2. The highest BCUT2D eigenvalue weighted by Gasteiger charge is 2.32. The van der Waals surface area contributed by atoms with Crippen LogP contribution in [0.1, 0.15) is 50.5 Å². The molecule has 0 amide bonds. The Balaban J connectivity index is 1.39. The lowest BCUT2D eigenvalue weighted by Crippen LogP contribution is -2.51. The molecule has 3 heterocycles. The maximum absolute atomic E-state index is 13.6. The first kappa shape index (κ1) is 28.8. The third-order valence-corrected chi connectivity index (χ3v) is 9.69. The fourth-order valence-electron chi connectivity index (χ4n) is 5.94. The number of sulfonamides is 1. The zero-order valence-corrected chi connectivity index (χ0v) is 24.9. The Kier molecular flexibility index (Phi) is 8.59. The van der Waals surface area contributed by atoms with Crippen LogP contribution in [0.3, 0.4) is 0 Å². The van der Waals surface area contributed by atoms with Crippen LogP contribution < -0.4 is 20.4 Å². The molecule has 2 aliphatic heterocycles. The number of fused-ring (bicyclic) bond motifs is 1. The number of aromatic nitrogens is 2. The Hall–Kier alpha value is -3.29. The van der Waals surface area contributed by atoms with Crippen LogP contribution in [0.2, 0.25) is 0 Å². The van der Waals surface area contributed by atoms with E-state index in [1.54, 1.807) is 25.3 Å². The van der Waals surface area contributed by atoms with Gasteiger partial charge in [-0.3, -0.25) is 0 Å². The van der Waals surface area contributed by atoms with Crippen molar-refractivity contribution in [1.82, 2.24) is 19.7 Å². The molecule has 0 radical (unpaired) electrons. The first-order valence-electron chi connectivity index (χ1n) is 14.7. The molecule has 224 valence electrons. The minimum atomic E-state index is -3.75. The molecule has 42 heavy (non-hydrogen) atoms. The van der Waals surface area contributed by atoms with Gasteiger partial charge in [0.1, 0.15) is 16.5 Å². The topological polar surface area (TPSA) is 121 Å². The van der Waals surface area contributed by atoms with Gasteiger partial charge < -0.3 is 20.1 Å². The lowest BCUT2D eigenvalue weighted by molar-refractivity contribution is -0.164. The van der Waals surface area contributed by atoms with Crippen molar-refractivity contribution in [2.24, 2.45) is 0 Å². The van der Waals surface area contributed by atoms with Crippen molar-refractivity contribution in [3.8, 4) is 0 Å². The zero-order valence-electron chi connectivity index (χ0n) is 24.1.